The Morgan fingerprint density at radius 3 is 2.72 bits per heavy atom. The molecule has 0 saturated heterocycles. The number of nitro groups is 1. The van der Waals surface area contributed by atoms with Gasteiger partial charge in [0, 0.05) is 13.2 Å². The molecule has 94 valence electrons. The van der Waals surface area contributed by atoms with Gasteiger partial charge in [-0.3, -0.25) is 10.1 Å². The van der Waals surface area contributed by atoms with Gasteiger partial charge in [0.25, 0.3) is 0 Å². The molecule has 0 bridgehead atoms. The Kier molecular flexibility index (Phi) is 3.20. The Morgan fingerprint density at radius 2 is 2.22 bits per heavy atom. The van der Waals surface area contributed by atoms with Gasteiger partial charge in [-0.05, 0) is 19.1 Å². The molecule has 0 unspecified atom stereocenters. The van der Waals surface area contributed by atoms with Crippen molar-refractivity contribution in [2.45, 2.75) is 6.92 Å². The number of aryl methyl sites for hydroxylation is 1. The Balaban J connectivity index is 2.67. The summed E-state index contributed by atoms with van der Waals surface area (Å²) >= 11 is 5.92. The first-order valence-corrected chi connectivity index (χ1v) is 5.59. The molecule has 0 aliphatic carbocycles. The summed E-state index contributed by atoms with van der Waals surface area (Å²) in [5.74, 6) is 0. The number of nitrogens with one attached hydrogen (secondary N) is 1. The van der Waals surface area contributed by atoms with E-state index >= 15 is 0 Å². The Morgan fingerprint density at radius 1 is 1.50 bits per heavy atom. The third-order valence-corrected chi connectivity index (χ3v) is 2.92. The van der Waals surface area contributed by atoms with E-state index in [1.807, 2.05) is 0 Å². The average Bonchev–Trinajstić information content (AvgIpc) is 2.68. The van der Waals surface area contributed by atoms with Gasteiger partial charge in [0.2, 0.25) is 0 Å². The lowest BCUT2D eigenvalue weighted by Gasteiger charge is -2.07. The van der Waals surface area contributed by atoms with Crippen LogP contribution in [0.2, 0.25) is 5.02 Å². The van der Waals surface area contributed by atoms with E-state index in [4.69, 9.17) is 11.6 Å². The van der Waals surface area contributed by atoms with E-state index in [1.54, 1.807) is 38.4 Å². The highest BCUT2D eigenvalue weighted by atomic mass is 35.5. The van der Waals surface area contributed by atoms with Gasteiger partial charge in [-0.1, -0.05) is 17.7 Å². The van der Waals surface area contributed by atoms with Crippen molar-refractivity contribution in [2.75, 3.05) is 12.4 Å². The highest BCUT2D eigenvalue weighted by molar-refractivity contribution is 6.31. The molecule has 0 aliphatic rings. The van der Waals surface area contributed by atoms with E-state index in [0.29, 0.717) is 22.1 Å². The summed E-state index contributed by atoms with van der Waals surface area (Å²) in [6.45, 7) is 1.74. The molecular weight excluding hydrogens is 256 g/mol. The average molecular weight is 267 g/mol. The van der Waals surface area contributed by atoms with Crippen LogP contribution in [0.15, 0.2) is 24.4 Å². The minimum atomic E-state index is -0.438. The largest absolute Gasteiger partial charge is 0.382 e. The third-order valence-electron chi connectivity index (χ3n) is 2.55. The fraction of sp³-hybridized carbons (Fsp3) is 0.182. The number of nitro benzene ring substituents is 1. The molecule has 0 radical (unpaired) electrons. The molecule has 0 fully saturated rings. The van der Waals surface area contributed by atoms with Crippen LogP contribution in [0.4, 0.5) is 11.4 Å². The molecule has 2 rings (SSSR count). The normalized spacial score (nSPS) is 10.4. The molecule has 7 heteroatoms. The zero-order valence-electron chi connectivity index (χ0n) is 9.85. The second-order valence-corrected chi connectivity index (χ2v) is 4.09. The van der Waals surface area contributed by atoms with Crippen LogP contribution < -0.4 is 5.32 Å². The summed E-state index contributed by atoms with van der Waals surface area (Å²) in [5.41, 5.74) is 1.41. The van der Waals surface area contributed by atoms with Crippen LogP contribution in [0.3, 0.4) is 0 Å². The van der Waals surface area contributed by atoms with Crippen molar-refractivity contribution in [2.24, 2.45) is 0 Å². The topological polar surface area (TPSA) is 73.0 Å². The van der Waals surface area contributed by atoms with Crippen molar-refractivity contribution in [3.63, 3.8) is 0 Å². The van der Waals surface area contributed by atoms with Gasteiger partial charge in [0.1, 0.15) is 11.4 Å². The summed E-state index contributed by atoms with van der Waals surface area (Å²) < 4.78 is 1.41. The van der Waals surface area contributed by atoms with Crippen LogP contribution in [0, 0.1) is 17.0 Å². The number of nitrogens with zero attached hydrogens (tertiary/aromatic N) is 3. The second-order valence-electron chi connectivity index (χ2n) is 3.69. The van der Waals surface area contributed by atoms with Gasteiger partial charge >= 0.3 is 5.69 Å². The summed E-state index contributed by atoms with van der Waals surface area (Å²) in [5, 5.41) is 18.6. The second kappa shape index (κ2) is 4.66. The highest BCUT2D eigenvalue weighted by Crippen LogP contribution is 2.31. The van der Waals surface area contributed by atoms with Crippen LogP contribution in [0.25, 0.3) is 5.69 Å². The van der Waals surface area contributed by atoms with Crippen LogP contribution in [-0.2, 0) is 0 Å². The summed E-state index contributed by atoms with van der Waals surface area (Å²) in [6.07, 6.45) is 1.55. The van der Waals surface area contributed by atoms with E-state index in [2.05, 4.69) is 10.4 Å². The number of para-hydroxylation sites is 1. The molecule has 0 saturated carbocycles. The fourth-order valence-electron chi connectivity index (χ4n) is 1.67. The predicted octanol–water partition coefficient (Wildman–Crippen LogP) is 2.78. The number of hydrogen-bond acceptors (Lipinski definition) is 4. The zero-order valence-corrected chi connectivity index (χ0v) is 10.6. The first kappa shape index (κ1) is 12.4. The molecule has 0 atom stereocenters. The lowest BCUT2D eigenvalue weighted by atomic mass is 10.2. The smallest absolute Gasteiger partial charge is 0.317 e. The maximum atomic E-state index is 11.2. The molecule has 18 heavy (non-hydrogen) atoms. The maximum Gasteiger partial charge on any atom is 0.317 e. The van der Waals surface area contributed by atoms with Crippen molar-refractivity contribution in [1.82, 2.24) is 9.78 Å². The number of hydrogen-bond donors (Lipinski definition) is 1. The predicted molar refractivity (Wildman–Crippen MR) is 69.5 cm³/mol. The van der Waals surface area contributed by atoms with E-state index in [9.17, 15) is 10.1 Å². The van der Waals surface area contributed by atoms with E-state index in [0.717, 1.165) is 0 Å². The van der Waals surface area contributed by atoms with Crippen LogP contribution in [0.1, 0.15) is 5.69 Å². The van der Waals surface area contributed by atoms with Crippen molar-refractivity contribution in [3.05, 3.63) is 45.2 Å². The number of aromatic nitrogens is 2. The lowest BCUT2D eigenvalue weighted by molar-refractivity contribution is -0.383. The summed E-state index contributed by atoms with van der Waals surface area (Å²) in [7, 11) is 1.63. The van der Waals surface area contributed by atoms with Gasteiger partial charge in [0.05, 0.1) is 15.6 Å². The molecule has 0 amide bonds. The fourth-order valence-corrected chi connectivity index (χ4v) is 1.80. The Labute approximate surface area is 108 Å². The molecule has 2 aromatic rings. The van der Waals surface area contributed by atoms with Gasteiger partial charge in [-0.15, -0.1) is 0 Å². The first-order valence-electron chi connectivity index (χ1n) is 5.22. The SMILES string of the molecule is CNc1cccc(-n2cc(Cl)c(C)n2)c1[N+](=O)[O-]. The first-order chi connectivity index (χ1) is 8.54. The van der Waals surface area contributed by atoms with Crippen molar-refractivity contribution in [1.29, 1.82) is 0 Å². The number of anilines is 1. The molecule has 6 nitrogen and oxygen atoms in total. The molecule has 1 aromatic heterocycles. The van der Waals surface area contributed by atoms with Crippen LogP contribution in [-0.4, -0.2) is 21.8 Å². The third kappa shape index (κ3) is 2.02. The minimum Gasteiger partial charge on any atom is -0.382 e. The molecule has 1 aromatic carbocycles. The number of rotatable bonds is 3. The molecule has 1 heterocycles. The lowest BCUT2D eigenvalue weighted by Crippen LogP contribution is -2.04. The van der Waals surface area contributed by atoms with Crippen molar-refractivity contribution < 1.29 is 4.92 Å². The standard InChI is InChI=1S/C11H11ClN4O2/c1-7-8(12)6-15(14-7)10-5-3-4-9(13-2)11(10)16(17)18/h3-6,13H,1-2H3. The number of benzene rings is 1. The Hall–Kier alpha value is -2.08. The quantitative estimate of drug-likeness (QED) is 0.685. The van der Waals surface area contributed by atoms with Crippen molar-refractivity contribution >= 4 is 23.0 Å². The zero-order chi connectivity index (χ0) is 13.3. The van der Waals surface area contributed by atoms with Gasteiger partial charge < -0.3 is 5.32 Å². The van der Waals surface area contributed by atoms with Crippen LogP contribution in [0.5, 0.6) is 0 Å². The van der Waals surface area contributed by atoms with Gasteiger partial charge in [0.15, 0.2) is 0 Å². The molecule has 0 aliphatic heterocycles. The monoisotopic (exact) mass is 266 g/mol. The van der Waals surface area contributed by atoms with Gasteiger partial charge in [-0.2, -0.15) is 5.10 Å². The summed E-state index contributed by atoms with van der Waals surface area (Å²) in [6, 6.07) is 4.99. The van der Waals surface area contributed by atoms with E-state index in [-0.39, 0.29) is 5.69 Å². The van der Waals surface area contributed by atoms with Gasteiger partial charge in [-0.25, -0.2) is 4.68 Å². The number of halogens is 1. The van der Waals surface area contributed by atoms with E-state index in [1.165, 1.54) is 4.68 Å². The maximum absolute atomic E-state index is 11.2. The molecule has 1 N–H and O–H groups in total. The Bertz CT molecular complexity index is 590. The van der Waals surface area contributed by atoms with E-state index < -0.39 is 4.92 Å². The van der Waals surface area contributed by atoms with Crippen LogP contribution >= 0.6 is 11.6 Å². The molecule has 0 spiro atoms. The molecular formula is C11H11ClN4O2. The minimum absolute atomic E-state index is 0.0285. The van der Waals surface area contributed by atoms with Crippen molar-refractivity contribution in [3.8, 4) is 5.69 Å². The highest BCUT2D eigenvalue weighted by Gasteiger charge is 2.21. The summed E-state index contributed by atoms with van der Waals surface area (Å²) in [4.78, 5) is 10.7.